The van der Waals surface area contributed by atoms with Crippen molar-refractivity contribution in [2.24, 2.45) is 5.11 Å². The second kappa shape index (κ2) is 8.56. The van der Waals surface area contributed by atoms with Crippen LogP contribution in [0.1, 0.15) is 25.2 Å². The number of azide groups is 1. The topological polar surface area (TPSA) is 113 Å². The zero-order valence-electron chi connectivity index (χ0n) is 12.7. The van der Waals surface area contributed by atoms with Gasteiger partial charge in [-0.3, -0.25) is 9.36 Å². The summed E-state index contributed by atoms with van der Waals surface area (Å²) in [5, 5.41) is 6.22. The SMILES string of the molecule is CCOP(=O)(NC(C)C(=O)OC)C(N=[N+]=[N-])c1ccccc1. The number of nitrogens with zero attached hydrogens (tertiary/aromatic N) is 3. The average molecular weight is 326 g/mol. The summed E-state index contributed by atoms with van der Waals surface area (Å²) in [4.78, 5) is 14.3. The highest BCUT2D eigenvalue weighted by Crippen LogP contribution is 2.57. The lowest BCUT2D eigenvalue weighted by Crippen LogP contribution is -2.34. The molecule has 22 heavy (non-hydrogen) atoms. The molecule has 0 bridgehead atoms. The minimum atomic E-state index is -3.66. The van der Waals surface area contributed by atoms with Crippen molar-refractivity contribution in [3.05, 3.63) is 46.3 Å². The highest BCUT2D eigenvalue weighted by atomic mass is 31.2. The number of hydrogen-bond donors (Lipinski definition) is 1. The summed E-state index contributed by atoms with van der Waals surface area (Å²) >= 11 is 0. The Balaban J connectivity index is 3.20. The third kappa shape index (κ3) is 4.58. The second-order valence-corrected chi connectivity index (χ2v) is 6.58. The minimum Gasteiger partial charge on any atom is -0.468 e. The van der Waals surface area contributed by atoms with Crippen LogP contribution in [0.15, 0.2) is 35.4 Å². The molecule has 0 radical (unpaired) electrons. The Morgan fingerprint density at radius 3 is 2.59 bits per heavy atom. The summed E-state index contributed by atoms with van der Waals surface area (Å²) in [5.41, 5.74) is 9.31. The van der Waals surface area contributed by atoms with E-state index in [1.165, 1.54) is 14.0 Å². The van der Waals surface area contributed by atoms with E-state index in [-0.39, 0.29) is 6.61 Å². The van der Waals surface area contributed by atoms with Gasteiger partial charge in [0, 0.05) is 4.91 Å². The van der Waals surface area contributed by atoms with E-state index >= 15 is 0 Å². The molecule has 120 valence electrons. The van der Waals surface area contributed by atoms with Gasteiger partial charge in [0.25, 0.3) is 7.52 Å². The van der Waals surface area contributed by atoms with E-state index in [2.05, 4.69) is 19.9 Å². The summed E-state index contributed by atoms with van der Waals surface area (Å²) in [5.74, 6) is -1.67. The van der Waals surface area contributed by atoms with Crippen molar-refractivity contribution in [3.63, 3.8) is 0 Å². The third-order valence-electron chi connectivity index (χ3n) is 2.83. The minimum absolute atomic E-state index is 0.127. The fourth-order valence-electron chi connectivity index (χ4n) is 1.87. The van der Waals surface area contributed by atoms with Crippen molar-refractivity contribution < 1.29 is 18.6 Å². The van der Waals surface area contributed by atoms with Gasteiger partial charge in [-0.25, -0.2) is 5.09 Å². The first kappa shape index (κ1) is 18.2. The van der Waals surface area contributed by atoms with Crippen molar-refractivity contribution in [1.82, 2.24) is 5.09 Å². The Labute approximate surface area is 128 Å². The number of methoxy groups -OCH3 is 1. The summed E-state index contributed by atoms with van der Waals surface area (Å²) < 4.78 is 23.1. The molecule has 3 unspecified atom stereocenters. The average Bonchev–Trinajstić information content (AvgIpc) is 2.52. The molecule has 1 N–H and O–H groups in total. The molecule has 0 spiro atoms. The fourth-order valence-corrected chi connectivity index (χ4v) is 4.01. The van der Waals surface area contributed by atoms with Crippen LogP contribution in [-0.2, 0) is 18.6 Å². The first-order valence-corrected chi connectivity index (χ1v) is 8.37. The Bertz CT molecular complexity index is 589. The molecule has 1 rings (SSSR count). The number of nitrogens with one attached hydrogen (secondary N) is 1. The van der Waals surface area contributed by atoms with E-state index in [1.807, 2.05) is 0 Å². The number of carbonyl (C=O) groups excluding carboxylic acids is 1. The van der Waals surface area contributed by atoms with E-state index < -0.39 is 25.3 Å². The Morgan fingerprint density at radius 1 is 1.45 bits per heavy atom. The third-order valence-corrected chi connectivity index (χ3v) is 5.26. The lowest BCUT2D eigenvalue weighted by atomic mass is 10.2. The molecule has 0 aliphatic rings. The maximum Gasteiger partial charge on any atom is 0.323 e. The summed E-state index contributed by atoms with van der Waals surface area (Å²) in [6.07, 6.45) is 0. The highest BCUT2D eigenvalue weighted by molar-refractivity contribution is 7.57. The van der Waals surface area contributed by atoms with Crippen LogP contribution >= 0.6 is 7.52 Å². The lowest BCUT2D eigenvalue weighted by molar-refractivity contribution is -0.142. The Hall–Kier alpha value is -1.85. The molecule has 1 aromatic rings. The van der Waals surface area contributed by atoms with Gasteiger partial charge in [0.2, 0.25) is 0 Å². The molecule has 0 aromatic heterocycles. The molecule has 0 amide bonds. The van der Waals surface area contributed by atoms with E-state index in [0.29, 0.717) is 5.56 Å². The molecule has 8 nitrogen and oxygen atoms in total. The van der Waals surface area contributed by atoms with E-state index in [1.54, 1.807) is 37.3 Å². The number of esters is 1. The number of benzene rings is 1. The predicted molar refractivity (Wildman–Crippen MR) is 82.2 cm³/mol. The van der Waals surface area contributed by atoms with Crippen molar-refractivity contribution in [2.45, 2.75) is 25.7 Å². The highest BCUT2D eigenvalue weighted by Gasteiger charge is 2.37. The largest absolute Gasteiger partial charge is 0.468 e. The summed E-state index contributed by atoms with van der Waals surface area (Å²) in [7, 11) is -2.43. The standard InChI is InChI=1S/C13H19N4O4P/c1-4-21-22(19,16-10(2)13(18)20-3)12(15-17-14)11-8-6-5-7-9-11/h5-10,12H,4H2,1-3H3,(H,16,19). The molecular formula is C13H19N4O4P. The number of rotatable bonds is 8. The maximum atomic E-state index is 13.1. The monoisotopic (exact) mass is 326 g/mol. The van der Waals surface area contributed by atoms with E-state index in [4.69, 9.17) is 10.1 Å². The van der Waals surface area contributed by atoms with Crippen molar-refractivity contribution in [2.75, 3.05) is 13.7 Å². The fraction of sp³-hybridized carbons (Fsp3) is 0.462. The van der Waals surface area contributed by atoms with Gasteiger partial charge < -0.3 is 9.26 Å². The van der Waals surface area contributed by atoms with Crippen LogP contribution in [0, 0.1) is 0 Å². The molecule has 9 heteroatoms. The van der Waals surface area contributed by atoms with Gasteiger partial charge in [-0.15, -0.1) is 0 Å². The quantitative estimate of drug-likeness (QED) is 0.259. The predicted octanol–water partition coefficient (Wildman–Crippen LogP) is 3.38. The van der Waals surface area contributed by atoms with Gasteiger partial charge in [-0.1, -0.05) is 35.4 Å². The number of hydrogen-bond acceptors (Lipinski definition) is 5. The Morgan fingerprint density at radius 2 is 2.09 bits per heavy atom. The molecule has 0 saturated heterocycles. The van der Waals surface area contributed by atoms with Crippen LogP contribution in [0.3, 0.4) is 0 Å². The van der Waals surface area contributed by atoms with Crippen LogP contribution in [0.25, 0.3) is 10.4 Å². The summed E-state index contributed by atoms with van der Waals surface area (Å²) in [6, 6.07) is 7.73. The number of ether oxygens (including phenoxy) is 1. The van der Waals surface area contributed by atoms with Gasteiger partial charge in [0.1, 0.15) is 6.04 Å². The Kier molecular flexibility index (Phi) is 7.08. The normalized spacial score (nSPS) is 16.0. The van der Waals surface area contributed by atoms with E-state index in [9.17, 15) is 9.36 Å². The van der Waals surface area contributed by atoms with Gasteiger partial charge in [0.05, 0.1) is 13.7 Å². The van der Waals surface area contributed by atoms with Crippen LogP contribution < -0.4 is 5.09 Å². The maximum absolute atomic E-state index is 13.1. The molecule has 0 fully saturated rings. The first-order valence-electron chi connectivity index (χ1n) is 6.67. The zero-order valence-corrected chi connectivity index (χ0v) is 13.6. The van der Waals surface area contributed by atoms with Crippen LogP contribution in [0.5, 0.6) is 0 Å². The molecule has 0 aliphatic carbocycles. The molecule has 0 heterocycles. The molecule has 3 atom stereocenters. The molecular weight excluding hydrogens is 307 g/mol. The van der Waals surface area contributed by atoms with E-state index in [0.717, 1.165) is 0 Å². The zero-order chi connectivity index (χ0) is 16.6. The van der Waals surface area contributed by atoms with Gasteiger partial charge >= 0.3 is 5.97 Å². The molecule has 0 saturated carbocycles. The van der Waals surface area contributed by atoms with Gasteiger partial charge in [-0.2, -0.15) is 0 Å². The second-order valence-electron chi connectivity index (χ2n) is 4.38. The van der Waals surface area contributed by atoms with Crippen LogP contribution in [-0.4, -0.2) is 25.7 Å². The lowest BCUT2D eigenvalue weighted by Gasteiger charge is -2.27. The molecule has 0 aliphatic heterocycles. The van der Waals surface area contributed by atoms with Crippen molar-refractivity contribution in [1.29, 1.82) is 0 Å². The smallest absolute Gasteiger partial charge is 0.323 e. The van der Waals surface area contributed by atoms with Gasteiger partial charge in [-0.05, 0) is 24.9 Å². The molecule has 1 aromatic carbocycles. The van der Waals surface area contributed by atoms with Crippen molar-refractivity contribution in [3.8, 4) is 0 Å². The van der Waals surface area contributed by atoms with Gasteiger partial charge in [0.15, 0.2) is 5.78 Å². The van der Waals surface area contributed by atoms with Crippen LogP contribution in [0.4, 0.5) is 0 Å². The van der Waals surface area contributed by atoms with Crippen molar-refractivity contribution >= 4 is 13.5 Å². The summed E-state index contributed by atoms with van der Waals surface area (Å²) in [6.45, 7) is 3.29. The number of carbonyl (C=O) groups is 1. The van der Waals surface area contributed by atoms with Crippen LogP contribution in [0.2, 0.25) is 0 Å². The first-order chi connectivity index (χ1) is 10.5.